The number of hydrogen-bond acceptors (Lipinski definition) is 3. The summed E-state index contributed by atoms with van der Waals surface area (Å²) in [5.41, 5.74) is 1.31. The highest BCUT2D eigenvalue weighted by Gasteiger charge is 2.28. The molecule has 24 heavy (non-hydrogen) atoms. The largest absolute Gasteiger partial charge is 0.381 e. The molecule has 0 bridgehead atoms. The highest BCUT2D eigenvalue weighted by Crippen LogP contribution is 2.18. The summed E-state index contributed by atoms with van der Waals surface area (Å²) in [5, 5.41) is 0. The molecule has 3 rings (SSSR count). The first-order valence-corrected chi connectivity index (χ1v) is 8.60. The first kappa shape index (κ1) is 16.7. The van der Waals surface area contributed by atoms with Crippen molar-refractivity contribution >= 4 is 5.91 Å². The van der Waals surface area contributed by atoms with E-state index in [2.05, 4.69) is 29.2 Å². The Morgan fingerprint density at radius 2 is 2.21 bits per heavy atom. The SMILES string of the molecule is Cn1ccnc1CN(CCCc1ccccc1)C(=O)[C@@H]1CCOC1. The topological polar surface area (TPSA) is 47.4 Å². The molecule has 0 saturated carbocycles. The Labute approximate surface area is 143 Å². The zero-order chi connectivity index (χ0) is 16.8. The smallest absolute Gasteiger partial charge is 0.228 e. The average molecular weight is 327 g/mol. The lowest BCUT2D eigenvalue weighted by Gasteiger charge is -2.25. The van der Waals surface area contributed by atoms with Crippen molar-refractivity contribution in [2.75, 3.05) is 19.8 Å². The summed E-state index contributed by atoms with van der Waals surface area (Å²) in [7, 11) is 1.97. The Hall–Kier alpha value is -2.14. The van der Waals surface area contributed by atoms with Gasteiger partial charge in [0.05, 0.1) is 19.1 Å². The fourth-order valence-corrected chi connectivity index (χ4v) is 3.09. The molecule has 0 spiro atoms. The molecule has 128 valence electrons. The van der Waals surface area contributed by atoms with Gasteiger partial charge in [-0.1, -0.05) is 30.3 Å². The molecular weight excluding hydrogens is 302 g/mol. The number of carbonyl (C=O) groups excluding carboxylic acids is 1. The maximum Gasteiger partial charge on any atom is 0.228 e. The van der Waals surface area contributed by atoms with Gasteiger partial charge < -0.3 is 14.2 Å². The Kier molecular flexibility index (Phi) is 5.64. The van der Waals surface area contributed by atoms with E-state index >= 15 is 0 Å². The quantitative estimate of drug-likeness (QED) is 0.785. The van der Waals surface area contributed by atoms with E-state index < -0.39 is 0 Å². The molecule has 5 nitrogen and oxygen atoms in total. The molecular formula is C19H25N3O2. The standard InChI is InChI=1S/C19H25N3O2/c1-21-12-10-20-18(21)14-22(19(23)17-9-13-24-15-17)11-5-8-16-6-3-2-4-7-16/h2-4,6-7,10,12,17H,5,8-9,11,13-15H2,1H3/t17-/m1/s1. The van der Waals surface area contributed by atoms with Crippen LogP contribution < -0.4 is 0 Å². The summed E-state index contributed by atoms with van der Waals surface area (Å²) < 4.78 is 7.37. The fraction of sp³-hybridized carbons (Fsp3) is 0.474. The lowest BCUT2D eigenvalue weighted by Crippen LogP contribution is -2.37. The average Bonchev–Trinajstić information content (AvgIpc) is 3.27. The van der Waals surface area contributed by atoms with Crippen LogP contribution in [0.2, 0.25) is 0 Å². The molecule has 1 aliphatic rings. The van der Waals surface area contributed by atoms with Crippen molar-refractivity contribution in [1.82, 2.24) is 14.5 Å². The minimum atomic E-state index is 0.00185. The van der Waals surface area contributed by atoms with E-state index in [4.69, 9.17) is 4.74 Å². The van der Waals surface area contributed by atoms with Gasteiger partial charge >= 0.3 is 0 Å². The lowest BCUT2D eigenvalue weighted by molar-refractivity contribution is -0.136. The Morgan fingerprint density at radius 1 is 1.38 bits per heavy atom. The number of rotatable bonds is 7. The van der Waals surface area contributed by atoms with Gasteiger partial charge in [0.15, 0.2) is 0 Å². The molecule has 2 heterocycles. The molecule has 1 fully saturated rings. The normalized spacial score (nSPS) is 17.1. The van der Waals surface area contributed by atoms with E-state index in [1.165, 1.54) is 5.56 Å². The maximum absolute atomic E-state index is 12.8. The predicted molar refractivity (Wildman–Crippen MR) is 92.3 cm³/mol. The second kappa shape index (κ2) is 8.11. The first-order chi connectivity index (χ1) is 11.7. The molecule has 5 heteroatoms. The number of benzene rings is 1. The van der Waals surface area contributed by atoms with Crippen molar-refractivity contribution in [2.45, 2.75) is 25.8 Å². The van der Waals surface area contributed by atoms with Gasteiger partial charge in [-0.15, -0.1) is 0 Å². The highest BCUT2D eigenvalue weighted by atomic mass is 16.5. The van der Waals surface area contributed by atoms with Crippen molar-refractivity contribution in [3.8, 4) is 0 Å². The van der Waals surface area contributed by atoms with E-state index in [0.29, 0.717) is 19.8 Å². The number of ether oxygens (including phenoxy) is 1. The second-order valence-corrected chi connectivity index (χ2v) is 6.36. The van der Waals surface area contributed by atoms with Crippen LogP contribution in [0.15, 0.2) is 42.7 Å². The van der Waals surface area contributed by atoms with Gasteiger partial charge in [0.2, 0.25) is 5.91 Å². The third kappa shape index (κ3) is 4.23. The van der Waals surface area contributed by atoms with Crippen LogP contribution in [-0.2, 0) is 29.5 Å². The Balaban J connectivity index is 1.62. The molecule has 1 aromatic heterocycles. The first-order valence-electron chi connectivity index (χ1n) is 8.60. The fourth-order valence-electron chi connectivity index (χ4n) is 3.09. The highest BCUT2D eigenvalue weighted by molar-refractivity contribution is 5.79. The summed E-state index contributed by atoms with van der Waals surface area (Å²) >= 11 is 0. The van der Waals surface area contributed by atoms with Crippen LogP contribution in [0.1, 0.15) is 24.2 Å². The van der Waals surface area contributed by atoms with Gasteiger partial charge in [0.1, 0.15) is 5.82 Å². The number of hydrogen-bond donors (Lipinski definition) is 0. The summed E-state index contributed by atoms with van der Waals surface area (Å²) in [5.74, 6) is 1.12. The van der Waals surface area contributed by atoms with Crippen LogP contribution in [0, 0.1) is 5.92 Å². The van der Waals surface area contributed by atoms with E-state index in [0.717, 1.165) is 31.6 Å². The predicted octanol–water partition coefficient (Wildman–Crippen LogP) is 2.42. The molecule has 1 aromatic carbocycles. The molecule has 1 aliphatic heterocycles. The van der Waals surface area contributed by atoms with Crippen molar-refractivity contribution < 1.29 is 9.53 Å². The van der Waals surface area contributed by atoms with Crippen LogP contribution in [0.5, 0.6) is 0 Å². The maximum atomic E-state index is 12.8. The van der Waals surface area contributed by atoms with E-state index in [9.17, 15) is 4.79 Å². The summed E-state index contributed by atoms with van der Waals surface area (Å²) in [4.78, 5) is 19.2. The van der Waals surface area contributed by atoms with Gasteiger partial charge in [-0.25, -0.2) is 4.98 Å². The molecule has 0 radical (unpaired) electrons. The van der Waals surface area contributed by atoms with Crippen LogP contribution in [-0.4, -0.2) is 40.1 Å². The van der Waals surface area contributed by atoms with Crippen molar-refractivity contribution in [3.05, 3.63) is 54.1 Å². The molecule has 0 N–H and O–H groups in total. The molecule has 0 unspecified atom stereocenters. The van der Waals surface area contributed by atoms with Gasteiger partial charge in [0, 0.05) is 32.6 Å². The van der Waals surface area contributed by atoms with E-state index in [-0.39, 0.29) is 11.8 Å². The third-order valence-corrected chi connectivity index (χ3v) is 4.58. The zero-order valence-electron chi connectivity index (χ0n) is 14.2. The van der Waals surface area contributed by atoms with Crippen LogP contribution in [0.3, 0.4) is 0 Å². The van der Waals surface area contributed by atoms with Crippen molar-refractivity contribution in [2.24, 2.45) is 13.0 Å². The number of nitrogens with zero attached hydrogens (tertiary/aromatic N) is 3. The summed E-state index contributed by atoms with van der Waals surface area (Å²) in [6, 6.07) is 10.4. The van der Waals surface area contributed by atoms with Crippen molar-refractivity contribution in [3.63, 3.8) is 0 Å². The molecule has 1 atom stereocenters. The number of carbonyl (C=O) groups is 1. The summed E-state index contributed by atoms with van der Waals surface area (Å²) in [6.45, 7) is 2.55. The molecule has 1 amide bonds. The monoisotopic (exact) mass is 327 g/mol. The van der Waals surface area contributed by atoms with Gasteiger partial charge in [-0.2, -0.15) is 0 Å². The minimum Gasteiger partial charge on any atom is -0.381 e. The van der Waals surface area contributed by atoms with E-state index in [1.54, 1.807) is 6.20 Å². The zero-order valence-corrected chi connectivity index (χ0v) is 14.2. The molecule has 0 aliphatic carbocycles. The van der Waals surface area contributed by atoms with Gasteiger partial charge in [-0.05, 0) is 24.8 Å². The second-order valence-electron chi connectivity index (χ2n) is 6.36. The number of imidazole rings is 1. The third-order valence-electron chi connectivity index (χ3n) is 4.58. The van der Waals surface area contributed by atoms with Crippen LogP contribution >= 0.6 is 0 Å². The van der Waals surface area contributed by atoms with Gasteiger partial charge in [0.25, 0.3) is 0 Å². The van der Waals surface area contributed by atoms with Crippen LogP contribution in [0.4, 0.5) is 0 Å². The lowest BCUT2D eigenvalue weighted by atomic mass is 10.1. The number of aromatic nitrogens is 2. The molecule has 1 saturated heterocycles. The number of aryl methyl sites for hydroxylation is 2. The summed E-state index contributed by atoms with van der Waals surface area (Å²) in [6.07, 6.45) is 6.45. The van der Waals surface area contributed by atoms with Crippen LogP contribution in [0.25, 0.3) is 0 Å². The van der Waals surface area contributed by atoms with E-state index in [1.807, 2.05) is 28.8 Å². The van der Waals surface area contributed by atoms with Gasteiger partial charge in [-0.3, -0.25) is 4.79 Å². The Morgan fingerprint density at radius 3 is 2.88 bits per heavy atom. The minimum absolute atomic E-state index is 0.00185. The number of amides is 1. The Bertz CT molecular complexity index is 648. The molecule has 2 aromatic rings. The van der Waals surface area contributed by atoms with Crippen molar-refractivity contribution in [1.29, 1.82) is 0 Å².